The molecule has 0 aromatic carbocycles. The summed E-state index contributed by atoms with van der Waals surface area (Å²) in [5, 5.41) is 0. The number of ether oxygens (including phenoxy) is 1. The van der Waals surface area contributed by atoms with Gasteiger partial charge in [-0.2, -0.15) is 39.5 Å². The average molecular weight is 328 g/mol. The summed E-state index contributed by atoms with van der Waals surface area (Å²) in [6.45, 7) is 0. The lowest BCUT2D eigenvalue weighted by Crippen LogP contribution is -2.68. The Bertz CT molecular complexity index is 319. The van der Waals surface area contributed by atoms with Gasteiger partial charge < -0.3 is 9.39 Å². The first-order valence-electron chi connectivity index (χ1n) is 3.94. The monoisotopic (exact) mass is 328 g/mol. The van der Waals surface area contributed by atoms with Crippen LogP contribution in [0.1, 0.15) is 0 Å². The van der Waals surface area contributed by atoms with Crippen LogP contribution in [-0.2, 0) is 9.39 Å². The summed E-state index contributed by atoms with van der Waals surface area (Å²) in [7, 11) is -4.28. The van der Waals surface area contributed by atoms with Crippen LogP contribution in [0.5, 0.6) is 0 Å². The Kier molecular flexibility index (Phi) is 4.79. The van der Waals surface area contributed by atoms with Gasteiger partial charge in [-0.25, -0.2) is 13.4 Å². The van der Waals surface area contributed by atoms with E-state index in [1.165, 1.54) is 0 Å². The molecule has 0 saturated carbocycles. The van der Waals surface area contributed by atoms with Crippen molar-refractivity contribution < 1.29 is 62.3 Å². The van der Waals surface area contributed by atoms with Crippen LogP contribution in [0.15, 0.2) is 0 Å². The third-order valence-electron chi connectivity index (χ3n) is 1.62. The third kappa shape index (κ3) is 3.36. The van der Waals surface area contributed by atoms with Crippen LogP contribution in [0.2, 0.25) is 0 Å². The maximum absolute atomic E-state index is 12.1. The highest BCUT2D eigenvalue weighted by atomic mass is 19.4. The highest BCUT2D eigenvalue weighted by Crippen LogP contribution is 2.55. The van der Waals surface area contributed by atoms with E-state index in [0.717, 1.165) is 0 Å². The van der Waals surface area contributed by atoms with E-state index >= 15 is 0 Å². The smallest absolute Gasteiger partial charge is 0.445 e. The number of carbonyl (C=O) groups is 1. The lowest BCUT2D eigenvalue weighted by molar-refractivity contribution is -0.445. The Hall–Kier alpha value is -1.44. The molecular weight excluding hydrogens is 328 g/mol. The van der Waals surface area contributed by atoms with Gasteiger partial charge in [0.15, 0.2) is 0 Å². The summed E-state index contributed by atoms with van der Waals surface area (Å²) in [5.41, 5.74) is -6.99. The molecule has 0 rings (SSSR count). The van der Waals surface area contributed by atoms with Gasteiger partial charge in [0.1, 0.15) is 0 Å². The van der Waals surface area contributed by atoms with Crippen molar-refractivity contribution >= 4 is 13.6 Å². The summed E-state index contributed by atoms with van der Waals surface area (Å²) in [6.07, 6.45) is -25.1. The number of hydrogen-bond donors (Lipinski definition) is 0. The van der Waals surface area contributed by atoms with Gasteiger partial charge in [0.25, 0.3) is 0 Å². The molecule has 0 aliphatic heterocycles. The van der Waals surface area contributed by atoms with Crippen molar-refractivity contribution in [1.29, 1.82) is 0 Å². The fourth-order valence-electron chi connectivity index (χ4n) is 0.878. The quantitative estimate of drug-likeness (QED) is 0.442. The molecule has 0 heterocycles. The lowest BCUT2D eigenvalue weighted by Gasteiger charge is -2.36. The Morgan fingerprint density at radius 1 is 0.750 bits per heavy atom. The van der Waals surface area contributed by atoms with Crippen LogP contribution >= 0.6 is 0 Å². The Labute approximate surface area is 101 Å². The topological polar surface area (TPSA) is 35.5 Å². The second-order valence-electron chi connectivity index (χ2n) is 2.91. The van der Waals surface area contributed by atoms with E-state index < -0.39 is 37.8 Å². The van der Waals surface area contributed by atoms with Crippen molar-refractivity contribution in [2.75, 3.05) is 0 Å². The molecule has 0 bridgehead atoms. The average Bonchev–Trinajstić information content (AvgIpc) is 2.06. The molecule has 0 aliphatic carbocycles. The van der Waals surface area contributed by atoms with Gasteiger partial charge in [0, 0.05) is 0 Å². The molecule has 0 fully saturated rings. The van der Waals surface area contributed by atoms with E-state index in [1.54, 1.807) is 0 Å². The van der Waals surface area contributed by atoms with Crippen molar-refractivity contribution in [2.24, 2.45) is 0 Å². The Morgan fingerprint density at radius 2 is 1.05 bits per heavy atom. The van der Waals surface area contributed by atoms with Crippen LogP contribution in [0.4, 0.5) is 52.9 Å². The van der Waals surface area contributed by atoms with E-state index in [9.17, 15) is 52.9 Å². The van der Waals surface area contributed by atoms with Crippen LogP contribution in [0.25, 0.3) is 0 Å². The molecule has 20 heavy (non-hydrogen) atoms. The molecule has 0 aliphatic rings. The van der Waals surface area contributed by atoms with Crippen LogP contribution in [0, 0.1) is 0 Å². The Balaban J connectivity index is 5.87. The van der Waals surface area contributed by atoms with Crippen LogP contribution < -0.4 is 0 Å². The molecule has 118 valence electrons. The minimum atomic E-state index is -7.22. The van der Waals surface area contributed by atoms with Crippen molar-refractivity contribution in [2.45, 2.75) is 24.1 Å². The van der Waals surface area contributed by atoms with Gasteiger partial charge in [-0.3, -0.25) is 0 Å². The first kappa shape index (κ1) is 18.6. The Morgan fingerprint density at radius 3 is 1.25 bits per heavy atom. The predicted octanol–water partition coefficient (Wildman–Crippen LogP) is 3.49. The van der Waals surface area contributed by atoms with Gasteiger partial charge in [-0.1, -0.05) is 0 Å². The number of halogens is 11. The fraction of sp³-hybridized carbons (Fsp3) is 0.800. The van der Waals surface area contributed by atoms with Crippen LogP contribution in [0.3, 0.4) is 0 Å². The zero-order chi connectivity index (χ0) is 16.6. The molecule has 0 atom stereocenters. The highest BCUT2D eigenvalue weighted by Gasteiger charge is 2.87. The molecule has 0 N–H and O–H groups in total. The zero-order valence-electron chi connectivity index (χ0n) is 8.46. The normalized spacial score (nSPS) is 13.9. The second kappa shape index (κ2) is 5.16. The molecular formula is C5BF11O3. The number of alkyl halides is 9. The van der Waals surface area contributed by atoms with Crippen molar-refractivity contribution in [3.05, 3.63) is 0 Å². The molecule has 0 unspecified atom stereocenters. The first-order chi connectivity index (χ1) is 8.56. The summed E-state index contributed by atoms with van der Waals surface area (Å²) in [5.74, 6) is 0. The fourth-order valence-corrected chi connectivity index (χ4v) is 0.878. The van der Waals surface area contributed by atoms with E-state index in [4.69, 9.17) is 0 Å². The summed E-state index contributed by atoms with van der Waals surface area (Å²) >= 11 is 0. The maximum Gasteiger partial charge on any atom is 0.801 e. The second-order valence-corrected chi connectivity index (χ2v) is 2.91. The standard InChI is InChI=1S/C5BF11O3/c7-3(8,9)2(4(10,11)12,5(13,14)15)19-1(18)20-6(16)17. The van der Waals surface area contributed by atoms with Crippen LogP contribution in [-0.4, -0.2) is 37.8 Å². The SMILES string of the molecule is O=C(OB(F)F)OC(C(F)(F)F)(C(F)(F)F)C(F)(F)F. The molecule has 3 nitrogen and oxygen atoms in total. The van der Waals surface area contributed by atoms with Gasteiger partial charge in [0.2, 0.25) is 0 Å². The van der Waals surface area contributed by atoms with E-state index in [2.05, 4.69) is 9.39 Å². The molecule has 0 aromatic rings. The molecule has 0 amide bonds. The van der Waals surface area contributed by atoms with E-state index in [1.807, 2.05) is 0 Å². The summed E-state index contributed by atoms with van der Waals surface area (Å²) < 4.78 is 136. The van der Waals surface area contributed by atoms with E-state index in [-0.39, 0.29) is 0 Å². The third-order valence-corrected chi connectivity index (χ3v) is 1.62. The maximum atomic E-state index is 12.1. The van der Waals surface area contributed by atoms with Gasteiger partial charge in [-0.15, -0.1) is 0 Å². The van der Waals surface area contributed by atoms with Crippen molar-refractivity contribution in [3.63, 3.8) is 0 Å². The highest BCUT2D eigenvalue weighted by molar-refractivity contribution is 6.37. The van der Waals surface area contributed by atoms with Crippen molar-refractivity contribution in [1.82, 2.24) is 0 Å². The summed E-state index contributed by atoms with van der Waals surface area (Å²) in [4.78, 5) is 10.2. The largest absolute Gasteiger partial charge is 0.801 e. The summed E-state index contributed by atoms with van der Waals surface area (Å²) in [6, 6.07) is 0. The minimum Gasteiger partial charge on any atom is -0.445 e. The molecule has 0 radical (unpaired) electrons. The number of rotatable bonds is 2. The van der Waals surface area contributed by atoms with E-state index in [0.29, 0.717) is 0 Å². The van der Waals surface area contributed by atoms with Gasteiger partial charge >= 0.3 is 37.8 Å². The minimum absolute atomic E-state index is 2.13. The van der Waals surface area contributed by atoms with Crippen molar-refractivity contribution in [3.8, 4) is 0 Å². The van der Waals surface area contributed by atoms with Gasteiger partial charge in [0.05, 0.1) is 0 Å². The molecule has 0 spiro atoms. The number of carbonyl (C=O) groups excluding carboxylic acids is 1. The predicted molar refractivity (Wildman–Crippen MR) is 36.4 cm³/mol. The van der Waals surface area contributed by atoms with Gasteiger partial charge in [-0.05, 0) is 0 Å². The molecule has 0 saturated heterocycles. The zero-order valence-corrected chi connectivity index (χ0v) is 8.46. The molecule has 0 aromatic heterocycles. The first-order valence-corrected chi connectivity index (χ1v) is 3.94. The number of hydrogen-bond acceptors (Lipinski definition) is 3. The molecule has 15 heteroatoms. The lowest BCUT2D eigenvalue weighted by atomic mass is 10.0.